The Labute approximate surface area is 204 Å². The molecule has 0 radical (unpaired) electrons. The number of carboxylic acid groups (broad SMARTS) is 1. The lowest BCUT2D eigenvalue weighted by Crippen LogP contribution is -2.48. The first-order valence-corrected chi connectivity index (χ1v) is 12.7. The van der Waals surface area contributed by atoms with E-state index in [1.165, 1.54) is 22.3 Å². The molecule has 182 valence electrons. The minimum Gasteiger partial charge on any atom is -0.481 e. The van der Waals surface area contributed by atoms with Crippen molar-refractivity contribution in [2.24, 2.45) is 17.8 Å². The fourth-order valence-electron chi connectivity index (χ4n) is 6.83. The maximum atomic E-state index is 13.2. The predicted octanol–water partition coefficient (Wildman–Crippen LogP) is 4.02. The number of carbonyl (C=O) groups is 3. The zero-order valence-corrected chi connectivity index (χ0v) is 19.6. The summed E-state index contributed by atoms with van der Waals surface area (Å²) in [5.74, 6) is -1.20. The molecule has 7 nitrogen and oxygen atoms in total. The van der Waals surface area contributed by atoms with Crippen molar-refractivity contribution >= 4 is 18.0 Å². The van der Waals surface area contributed by atoms with Gasteiger partial charge in [0.25, 0.3) is 0 Å². The molecule has 3 aliphatic carbocycles. The first-order valence-electron chi connectivity index (χ1n) is 12.7. The number of rotatable bonds is 5. The van der Waals surface area contributed by atoms with E-state index in [2.05, 4.69) is 29.6 Å². The first kappa shape index (κ1) is 22.1. The largest absolute Gasteiger partial charge is 0.481 e. The maximum absolute atomic E-state index is 13.2. The Morgan fingerprint density at radius 2 is 1.66 bits per heavy atom. The molecule has 35 heavy (non-hydrogen) atoms. The van der Waals surface area contributed by atoms with E-state index in [-0.39, 0.29) is 42.4 Å². The number of carboxylic acids is 1. The van der Waals surface area contributed by atoms with Gasteiger partial charge in [-0.1, -0.05) is 55.0 Å². The van der Waals surface area contributed by atoms with Gasteiger partial charge in [-0.3, -0.25) is 9.59 Å². The van der Waals surface area contributed by atoms with E-state index in [0.29, 0.717) is 13.0 Å². The summed E-state index contributed by atoms with van der Waals surface area (Å²) >= 11 is 0. The van der Waals surface area contributed by atoms with Gasteiger partial charge in [0.1, 0.15) is 6.61 Å². The van der Waals surface area contributed by atoms with Crippen LogP contribution >= 0.6 is 0 Å². The molecule has 2 amide bonds. The molecular weight excluding hydrogens is 444 g/mol. The Bertz CT molecular complexity index is 1130. The second kappa shape index (κ2) is 8.70. The zero-order chi connectivity index (χ0) is 24.1. The molecule has 2 heterocycles. The molecule has 2 saturated carbocycles. The van der Waals surface area contributed by atoms with Gasteiger partial charge in [0.05, 0.1) is 5.92 Å². The smallest absolute Gasteiger partial charge is 0.407 e. The van der Waals surface area contributed by atoms with Gasteiger partial charge in [0.15, 0.2) is 0 Å². The van der Waals surface area contributed by atoms with E-state index in [0.717, 1.165) is 25.7 Å². The zero-order valence-electron chi connectivity index (χ0n) is 19.6. The van der Waals surface area contributed by atoms with E-state index in [1.807, 2.05) is 24.3 Å². The summed E-state index contributed by atoms with van der Waals surface area (Å²) in [6.45, 7) is 0.823. The number of hydrogen-bond acceptors (Lipinski definition) is 4. The minimum atomic E-state index is -0.792. The van der Waals surface area contributed by atoms with Gasteiger partial charge in [0.2, 0.25) is 5.91 Å². The quantitative estimate of drug-likeness (QED) is 0.683. The molecule has 7 heteroatoms. The van der Waals surface area contributed by atoms with Crippen LogP contribution in [-0.2, 0) is 14.3 Å². The maximum Gasteiger partial charge on any atom is 0.407 e. The Hall–Kier alpha value is -3.35. The highest BCUT2D eigenvalue weighted by molar-refractivity contribution is 5.83. The summed E-state index contributed by atoms with van der Waals surface area (Å²) in [7, 11) is 0. The monoisotopic (exact) mass is 474 g/mol. The lowest BCUT2D eigenvalue weighted by atomic mass is 9.74. The van der Waals surface area contributed by atoms with Crippen molar-refractivity contribution in [2.75, 3.05) is 13.2 Å². The minimum absolute atomic E-state index is 0.0117. The highest BCUT2D eigenvalue weighted by atomic mass is 16.5. The van der Waals surface area contributed by atoms with Crippen LogP contribution in [0.1, 0.15) is 49.1 Å². The molecule has 0 spiro atoms. The van der Waals surface area contributed by atoms with Crippen molar-refractivity contribution in [3.05, 3.63) is 59.7 Å². The van der Waals surface area contributed by atoms with Gasteiger partial charge >= 0.3 is 12.1 Å². The van der Waals surface area contributed by atoms with Crippen molar-refractivity contribution in [1.29, 1.82) is 0 Å². The van der Waals surface area contributed by atoms with Crippen LogP contribution in [0.15, 0.2) is 48.5 Å². The molecular formula is C28H30N2O5. The van der Waals surface area contributed by atoms with Crippen LogP contribution in [0.3, 0.4) is 0 Å². The number of fused-ring (bicyclic) bond motifs is 4. The molecule has 2 bridgehead atoms. The van der Waals surface area contributed by atoms with Crippen LogP contribution in [0, 0.1) is 17.8 Å². The molecule has 5 aliphatic rings. The van der Waals surface area contributed by atoms with E-state index < -0.39 is 18.0 Å². The molecule has 2 saturated heterocycles. The number of nitrogens with zero attached hydrogens (tertiary/aromatic N) is 1. The SMILES string of the molecule is O=C(NC1CCCC(C(=O)N2CC3CC2C3C(=O)O)C1)OCC1c2ccccc2-c2ccccc21. The van der Waals surface area contributed by atoms with Gasteiger partial charge in [0, 0.05) is 30.5 Å². The third-order valence-electron chi connectivity index (χ3n) is 8.56. The van der Waals surface area contributed by atoms with E-state index >= 15 is 0 Å². The van der Waals surface area contributed by atoms with Crippen LogP contribution in [0.4, 0.5) is 4.79 Å². The Balaban J connectivity index is 1.05. The van der Waals surface area contributed by atoms with Gasteiger partial charge < -0.3 is 20.1 Å². The lowest BCUT2D eigenvalue weighted by molar-refractivity contribution is -0.149. The van der Waals surface area contributed by atoms with Gasteiger partial charge in [-0.2, -0.15) is 0 Å². The number of benzene rings is 2. The molecule has 5 unspecified atom stereocenters. The van der Waals surface area contributed by atoms with Crippen molar-refractivity contribution in [2.45, 2.75) is 50.1 Å². The number of ether oxygens (including phenoxy) is 1. The Kier molecular flexibility index (Phi) is 5.50. The molecule has 2 aromatic carbocycles. The predicted molar refractivity (Wildman–Crippen MR) is 129 cm³/mol. The second-order valence-electron chi connectivity index (χ2n) is 10.4. The second-order valence-corrected chi connectivity index (χ2v) is 10.4. The average Bonchev–Trinajstić information content (AvgIpc) is 3.53. The van der Waals surface area contributed by atoms with Crippen molar-refractivity contribution in [3.8, 4) is 11.1 Å². The topological polar surface area (TPSA) is 95.9 Å². The van der Waals surface area contributed by atoms with E-state index in [9.17, 15) is 19.5 Å². The molecule has 7 rings (SSSR count). The lowest BCUT2D eigenvalue weighted by Gasteiger charge is -2.36. The number of aliphatic carboxylic acids is 1. The Morgan fingerprint density at radius 1 is 0.971 bits per heavy atom. The molecule has 2 N–H and O–H groups in total. The first-order chi connectivity index (χ1) is 17.0. The summed E-state index contributed by atoms with van der Waals surface area (Å²) in [5.41, 5.74) is 4.73. The van der Waals surface area contributed by atoms with E-state index in [4.69, 9.17) is 4.74 Å². The summed E-state index contributed by atoms with van der Waals surface area (Å²) < 4.78 is 5.69. The molecule has 4 fully saturated rings. The fraction of sp³-hybridized carbons (Fsp3) is 0.464. The normalized spacial score (nSPS) is 28.6. The van der Waals surface area contributed by atoms with Crippen molar-refractivity contribution in [3.63, 3.8) is 0 Å². The third-order valence-corrected chi connectivity index (χ3v) is 8.56. The summed E-state index contributed by atoms with van der Waals surface area (Å²) in [6.07, 6.45) is 3.39. The number of alkyl carbamates (subject to hydrolysis) is 1. The van der Waals surface area contributed by atoms with Crippen molar-refractivity contribution in [1.82, 2.24) is 10.2 Å². The molecule has 5 atom stereocenters. The average molecular weight is 475 g/mol. The van der Waals surface area contributed by atoms with Gasteiger partial charge in [-0.25, -0.2) is 4.79 Å². The van der Waals surface area contributed by atoms with Crippen molar-refractivity contribution < 1.29 is 24.2 Å². The summed E-state index contributed by atoms with van der Waals surface area (Å²) in [4.78, 5) is 39.1. The van der Waals surface area contributed by atoms with Crippen LogP contribution in [0.5, 0.6) is 0 Å². The van der Waals surface area contributed by atoms with Crippen LogP contribution in [0.25, 0.3) is 11.1 Å². The van der Waals surface area contributed by atoms with Crippen LogP contribution in [-0.4, -0.2) is 53.2 Å². The molecule has 2 aromatic rings. The summed E-state index contributed by atoms with van der Waals surface area (Å²) in [5, 5.41) is 12.4. The number of amides is 2. The fourth-order valence-corrected chi connectivity index (χ4v) is 6.83. The third kappa shape index (κ3) is 3.77. The summed E-state index contributed by atoms with van der Waals surface area (Å²) in [6, 6.07) is 16.2. The van der Waals surface area contributed by atoms with E-state index in [1.54, 1.807) is 4.90 Å². The van der Waals surface area contributed by atoms with Crippen LogP contribution < -0.4 is 5.32 Å². The van der Waals surface area contributed by atoms with Gasteiger partial charge in [-0.15, -0.1) is 0 Å². The molecule has 0 aromatic heterocycles. The Morgan fingerprint density at radius 3 is 2.31 bits per heavy atom. The highest BCUT2D eigenvalue weighted by Crippen LogP contribution is 2.48. The van der Waals surface area contributed by atoms with Crippen LogP contribution in [0.2, 0.25) is 0 Å². The number of hydrogen-bond donors (Lipinski definition) is 2. The standard InChI is InChI=1S/C28H30N2O5/c31-26(30-14-17-13-24(30)25(17)27(32)33)16-6-5-7-18(12-16)29-28(34)35-15-23-21-10-3-1-8-19(21)20-9-2-4-11-22(20)23/h1-4,8-11,16-18,23-25H,5-7,12-15H2,(H,29,34)(H,32,33). The molecule has 2 aliphatic heterocycles. The highest BCUT2D eigenvalue weighted by Gasteiger charge is 2.57. The number of carbonyl (C=O) groups excluding carboxylic acids is 2. The number of nitrogens with one attached hydrogen (secondary N) is 1. The van der Waals surface area contributed by atoms with Gasteiger partial charge in [-0.05, 0) is 53.9 Å².